The molecule has 0 bridgehead atoms. The molecule has 2 aromatic rings. The average Bonchev–Trinajstić information content (AvgIpc) is 2.76. The molecular weight excluding hydrogens is 442 g/mol. The molecule has 0 aromatic heterocycles. The molecule has 1 aliphatic rings. The van der Waals surface area contributed by atoms with Crippen LogP contribution in [0.1, 0.15) is 24.5 Å². The lowest BCUT2D eigenvalue weighted by Gasteiger charge is -2.26. The van der Waals surface area contributed by atoms with Gasteiger partial charge in [-0.2, -0.15) is 0 Å². The molecule has 8 heteroatoms. The number of ether oxygens (including phenoxy) is 3. The maximum atomic E-state index is 13.2. The van der Waals surface area contributed by atoms with Gasteiger partial charge in [-0.1, -0.05) is 29.3 Å². The lowest BCUT2D eigenvalue weighted by atomic mass is 10.2. The molecule has 1 saturated heterocycles. The quantitative estimate of drug-likeness (QED) is 0.472. The van der Waals surface area contributed by atoms with Gasteiger partial charge in [0, 0.05) is 36.3 Å². The van der Waals surface area contributed by atoms with E-state index in [9.17, 15) is 4.39 Å². The lowest BCUT2D eigenvalue weighted by molar-refractivity contribution is 0.0374. The Balaban J connectivity index is 1.54. The summed E-state index contributed by atoms with van der Waals surface area (Å²) in [7, 11) is 0. The molecule has 5 nitrogen and oxygen atoms in total. The number of halogens is 3. The van der Waals surface area contributed by atoms with Gasteiger partial charge in [0.2, 0.25) is 0 Å². The third kappa shape index (κ3) is 7.51. The maximum absolute atomic E-state index is 13.2. The second-order valence-corrected chi connectivity index (χ2v) is 8.15. The minimum absolute atomic E-state index is 0.189. The second kappa shape index (κ2) is 12.5. The summed E-state index contributed by atoms with van der Waals surface area (Å²) >= 11 is 12.6. The molecular formula is C23H29Cl2FN2O3. The van der Waals surface area contributed by atoms with E-state index in [2.05, 4.69) is 10.2 Å². The van der Waals surface area contributed by atoms with Crippen molar-refractivity contribution in [3.63, 3.8) is 0 Å². The van der Waals surface area contributed by atoms with Crippen molar-refractivity contribution in [3.8, 4) is 11.5 Å². The zero-order valence-corrected chi connectivity index (χ0v) is 19.3. The number of nitrogens with one attached hydrogen (secondary N) is 1. The van der Waals surface area contributed by atoms with Gasteiger partial charge < -0.3 is 19.5 Å². The third-order valence-electron chi connectivity index (χ3n) is 5.06. The molecule has 1 heterocycles. The number of nitrogens with zero attached hydrogens (tertiary/aromatic N) is 1. The Morgan fingerprint density at radius 2 is 1.77 bits per heavy atom. The van der Waals surface area contributed by atoms with Crippen molar-refractivity contribution < 1.29 is 18.6 Å². The van der Waals surface area contributed by atoms with Crippen molar-refractivity contribution in [2.75, 3.05) is 46.0 Å². The van der Waals surface area contributed by atoms with Crippen LogP contribution in [0.4, 0.5) is 4.39 Å². The molecule has 0 unspecified atom stereocenters. The van der Waals surface area contributed by atoms with Crippen LogP contribution in [0.3, 0.4) is 0 Å². The molecule has 0 aliphatic carbocycles. The van der Waals surface area contributed by atoms with Crippen LogP contribution in [0.2, 0.25) is 10.0 Å². The van der Waals surface area contributed by atoms with Gasteiger partial charge in [0.25, 0.3) is 0 Å². The molecule has 1 aliphatic heterocycles. The van der Waals surface area contributed by atoms with Crippen LogP contribution in [-0.4, -0.2) is 50.9 Å². The number of morpholine rings is 1. The molecule has 0 radical (unpaired) electrons. The van der Waals surface area contributed by atoms with Gasteiger partial charge >= 0.3 is 0 Å². The van der Waals surface area contributed by atoms with Crippen molar-refractivity contribution >= 4 is 23.2 Å². The van der Waals surface area contributed by atoms with Crippen molar-refractivity contribution in [1.29, 1.82) is 0 Å². The van der Waals surface area contributed by atoms with Gasteiger partial charge in [0.05, 0.1) is 24.8 Å². The van der Waals surface area contributed by atoms with E-state index in [4.69, 9.17) is 37.4 Å². The predicted molar refractivity (Wildman–Crippen MR) is 122 cm³/mol. The Bertz CT molecular complexity index is 848. The van der Waals surface area contributed by atoms with Crippen LogP contribution in [-0.2, 0) is 17.9 Å². The van der Waals surface area contributed by atoms with Gasteiger partial charge in [-0.25, -0.2) is 4.39 Å². The average molecular weight is 471 g/mol. The second-order valence-electron chi connectivity index (χ2n) is 7.33. The first-order valence-electron chi connectivity index (χ1n) is 10.6. The maximum Gasteiger partial charge on any atom is 0.163 e. The van der Waals surface area contributed by atoms with Crippen LogP contribution in [0.15, 0.2) is 30.3 Å². The van der Waals surface area contributed by atoms with Gasteiger partial charge in [-0.05, 0) is 50.2 Å². The minimum atomic E-state index is -0.381. The van der Waals surface area contributed by atoms with Gasteiger partial charge in [0.15, 0.2) is 11.5 Å². The number of benzene rings is 2. The Morgan fingerprint density at radius 3 is 2.52 bits per heavy atom. The molecule has 31 heavy (non-hydrogen) atoms. The summed E-state index contributed by atoms with van der Waals surface area (Å²) in [5.41, 5.74) is 1.64. The van der Waals surface area contributed by atoms with Gasteiger partial charge in [-0.3, -0.25) is 4.90 Å². The summed E-state index contributed by atoms with van der Waals surface area (Å²) in [4.78, 5) is 2.42. The van der Waals surface area contributed by atoms with E-state index >= 15 is 0 Å². The molecule has 0 saturated carbocycles. The molecule has 0 spiro atoms. The number of rotatable bonds is 11. The van der Waals surface area contributed by atoms with E-state index in [1.54, 1.807) is 12.1 Å². The fraction of sp³-hybridized carbons (Fsp3) is 0.478. The highest BCUT2D eigenvalue weighted by Crippen LogP contribution is 2.34. The first-order chi connectivity index (χ1) is 15.1. The van der Waals surface area contributed by atoms with E-state index in [0.717, 1.165) is 51.4 Å². The zero-order chi connectivity index (χ0) is 22.1. The first kappa shape index (κ1) is 24.1. The van der Waals surface area contributed by atoms with E-state index < -0.39 is 0 Å². The summed E-state index contributed by atoms with van der Waals surface area (Å²) < 4.78 is 30.3. The highest BCUT2D eigenvalue weighted by Gasteiger charge is 2.13. The van der Waals surface area contributed by atoms with E-state index in [1.807, 2.05) is 13.0 Å². The smallest absolute Gasteiger partial charge is 0.163 e. The van der Waals surface area contributed by atoms with Crippen molar-refractivity contribution in [2.45, 2.75) is 26.5 Å². The summed E-state index contributed by atoms with van der Waals surface area (Å²) in [6.45, 7) is 8.88. The molecule has 0 atom stereocenters. The monoisotopic (exact) mass is 470 g/mol. The Hall–Kier alpha value is -1.57. The third-order valence-corrected chi connectivity index (χ3v) is 5.76. The minimum Gasteiger partial charge on any atom is -0.490 e. The molecule has 1 fully saturated rings. The normalized spacial score (nSPS) is 14.6. The molecule has 1 N–H and O–H groups in total. The summed E-state index contributed by atoms with van der Waals surface area (Å²) in [5, 5.41) is 4.37. The molecule has 2 aromatic carbocycles. The SMILES string of the molecule is CCOc1cc(CNCCCN2CCOCC2)c(Cl)cc1OCc1ccc(F)cc1Cl. The van der Waals surface area contributed by atoms with Crippen molar-refractivity contribution in [3.05, 3.63) is 57.3 Å². The summed E-state index contributed by atoms with van der Waals surface area (Å²) in [5.74, 6) is 0.771. The zero-order valence-electron chi connectivity index (χ0n) is 17.8. The standard InChI is InChI=1S/C23H29Cl2FN2O3/c1-2-30-22-12-18(15-27-6-3-7-28-8-10-29-11-9-28)21(25)14-23(22)31-16-17-4-5-19(26)13-20(17)24/h4-5,12-14,27H,2-3,6-11,15-16H2,1H3. The molecule has 170 valence electrons. The van der Waals surface area contributed by atoms with Crippen LogP contribution in [0.5, 0.6) is 11.5 Å². The van der Waals surface area contributed by atoms with Crippen LogP contribution < -0.4 is 14.8 Å². The van der Waals surface area contributed by atoms with E-state index in [0.29, 0.717) is 40.3 Å². The first-order valence-corrected chi connectivity index (χ1v) is 11.3. The van der Waals surface area contributed by atoms with Gasteiger partial charge in [0.1, 0.15) is 12.4 Å². The van der Waals surface area contributed by atoms with E-state index in [1.165, 1.54) is 12.1 Å². The van der Waals surface area contributed by atoms with Crippen LogP contribution in [0.25, 0.3) is 0 Å². The Labute approximate surface area is 193 Å². The van der Waals surface area contributed by atoms with E-state index in [-0.39, 0.29) is 12.4 Å². The van der Waals surface area contributed by atoms with Crippen LogP contribution >= 0.6 is 23.2 Å². The van der Waals surface area contributed by atoms with Gasteiger partial charge in [-0.15, -0.1) is 0 Å². The topological polar surface area (TPSA) is 43.0 Å². The molecule has 3 rings (SSSR count). The largest absolute Gasteiger partial charge is 0.490 e. The highest BCUT2D eigenvalue weighted by molar-refractivity contribution is 6.31. The number of hydrogen-bond donors (Lipinski definition) is 1. The lowest BCUT2D eigenvalue weighted by Crippen LogP contribution is -2.37. The Morgan fingerprint density at radius 1 is 1.03 bits per heavy atom. The summed E-state index contributed by atoms with van der Waals surface area (Å²) in [6, 6.07) is 7.89. The fourth-order valence-corrected chi connectivity index (χ4v) is 3.81. The molecule has 0 amide bonds. The fourth-order valence-electron chi connectivity index (χ4n) is 3.36. The van der Waals surface area contributed by atoms with Crippen molar-refractivity contribution in [1.82, 2.24) is 10.2 Å². The van der Waals surface area contributed by atoms with Crippen molar-refractivity contribution in [2.24, 2.45) is 0 Å². The Kier molecular flexibility index (Phi) is 9.68. The van der Waals surface area contributed by atoms with Crippen LogP contribution in [0, 0.1) is 5.82 Å². The summed E-state index contributed by atoms with van der Waals surface area (Å²) in [6.07, 6.45) is 1.07. The number of hydrogen-bond acceptors (Lipinski definition) is 5. The highest BCUT2D eigenvalue weighted by atomic mass is 35.5. The predicted octanol–water partition coefficient (Wildman–Crippen LogP) is 4.92.